The van der Waals surface area contributed by atoms with E-state index in [-0.39, 0.29) is 11.3 Å². The molecule has 0 aliphatic heterocycles. The van der Waals surface area contributed by atoms with Crippen LogP contribution in [0.4, 0.5) is 5.69 Å². The number of nitro benzene ring substituents is 1. The average Bonchev–Trinajstić information content (AvgIpc) is 2.55. The molecule has 0 radical (unpaired) electrons. The van der Waals surface area contributed by atoms with Crippen LogP contribution < -0.4 is 5.32 Å². The molecule has 132 valence electrons. The Morgan fingerprint density at radius 3 is 2.12 bits per heavy atom. The molecule has 0 heterocycles. The third-order valence-corrected chi connectivity index (χ3v) is 5.51. The van der Waals surface area contributed by atoms with E-state index in [0.29, 0.717) is 5.02 Å². The van der Waals surface area contributed by atoms with Gasteiger partial charge in [0.1, 0.15) is 5.37 Å². The highest BCUT2D eigenvalue weighted by atomic mass is 35.6. The van der Waals surface area contributed by atoms with Crippen LogP contribution in [0.2, 0.25) is 5.02 Å². The zero-order valence-corrected chi connectivity index (χ0v) is 16.1. The Bertz CT molecular complexity index is 764. The van der Waals surface area contributed by atoms with Crippen molar-refractivity contribution in [3.8, 4) is 0 Å². The molecule has 5 nitrogen and oxygen atoms in total. The number of nitro groups is 1. The molecule has 1 N–H and O–H groups in total. The van der Waals surface area contributed by atoms with Crippen molar-refractivity contribution in [3.63, 3.8) is 0 Å². The van der Waals surface area contributed by atoms with Crippen LogP contribution in [0.5, 0.6) is 0 Å². The van der Waals surface area contributed by atoms with Crippen molar-refractivity contribution in [2.24, 2.45) is 0 Å². The van der Waals surface area contributed by atoms with E-state index in [1.54, 1.807) is 24.3 Å². The van der Waals surface area contributed by atoms with Gasteiger partial charge in [0.15, 0.2) is 0 Å². The molecule has 2 aromatic carbocycles. The quantitative estimate of drug-likeness (QED) is 0.220. The average molecular weight is 440 g/mol. The fraction of sp³-hybridized carbons (Fsp3) is 0.133. The van der Waals surface area contributed by atoms with Crippen molar-refractivity contribution in [1.82, 2.24) is 5.32 Å². The topological polar surface area (TPSA) is 72.2 Å². The number of halogens is 4. The molecule has 0 saturated heterocycles. The first-order valence-electron chi connectivity index (χ1n) is 6.71. The summed E-state index contributed by atoms with van der Waals surface area (Å²) in [5.41, 5.74) is 0.0894. The lowest BCUT2D eigenvalue weighted by atomic mass is 10.2. The van der Waals surface area contributed by atoms with E-state index in [0.717, 1.165) is 16.7 Å². The lowest BCUT2D eigenvalue weighted by Gasteiger charge is -2.25. The van der Waals surface area contributed by atoms with Crippen molar-refractivity contribution in [1.29, 1.82) is 0 Å². The molecule has 2 rings (SSSR count). The van der Waals surface area contributed by atoms with Crippen LogP contribution in [-0.4, -0.2) is 20.0 Å². The number of alkyl halides is 3. The molecule has 0 aliphatic rings. The lowest BCUT2D eigenvalue weighted by molar-refractivity contribution is -0.384. The van der Waals surface area contributed by atoms with Crippen molar-refractivity contribution in [3.05, 3.63) is 69.2 Å². The number of nitrogens with zero attached hydrogens (tertiary/aromatic N) is 1. The number of non-ortho nitro benzene ring substituents is 1. The predicted molar refractivity (Wildman–Crippen MR) is 102 cm³/mol. The van der Waals surface area contributed by atoms with Crippen molar-refractivity contribution in [2.75, 3.05) is 0 Å². The molecule has 10 heteroatoms. The van der Waals surface area contributed by atoms with Crippen molar-refractivity contribution < 1.29 is 9.72 Å². The molecular weight excluding hydrogens is 430 g/mol. The first-order chi connectivity index (χ1) is 11.7. The van der Waals surface area contributed by atoms with Gasteiger partial charge in [-0.15, -0.1) is 0 Å². The SMILES string of the molecule is O=C(NC(Sc1ccc(Cl)cc1)C(Cl)(Cl)Cl)c1ccc([N+](=O)[O-])cc1. The Kier molecular flexibility index (Phi) is 6.82. The second-order valence-corrected chi connectivity index (χ2v) is 8.75. The molecule has 0 aromatic heterocycles. The highest BCUT2D eigenvalue weighted by molar-refractivity contribution is 8.00. The predicted octanol–water partition coefficient (Wildman–Crippen LogP) is 5.47. The highest BCUT2D eigenvalue weighted by Gasteiger charge is 2.35. The molecule has 0 bridgehead atoms. The third kappa shape index (κ3) is 5.94. The van der Waals surface area contributed by atoms with E-state index in [1.807, 2.05) is 0 Å². The number of hydrogen-bond donors (Lipinski definition) is 1. The number of amides is 1. The van der Waals surface area contributed by atoms with Gasteiger partial charge in [-0.05, 0) is 36.4 Å². The molecule has 0 saturated carbocycles. The molecule has 25 heavy (non-hydrogen) atoms. The number of carbonyl (C=O) groups excluding carboxylic acids is 1. The normalized spacial score (nSPS) is 12.5. The maximum Gasteiger partial charge on any atom is 0.269 e. The molecule has 0 spiro atoms. The smallest absolute Gasteiger partial charge is 0.269 e. The second-order valence-electron chi connectivity index (χ2n) is 4.77. The Labute approximate surface area is 167 Å². The van der Waals surface area contributed by atoms with Gasteiger partial charge >= 0.3 is 0 Å². The van der Waals surface area contributed by atoms with Crippen LogP contribution in [0.3, 0.4) is 0 Å². The van der Waals surface area contributed by atoms with E-state index in [2.05, 4.69) is 5.32 Å². The highest BCUT2D eigenvalue weighted by Crippen LogP contribution is 2.39. The molecular formula is C15H10Cl4N2O3S. The van der Waals surface area contributed by atoms with Crippen molar-refractivity contribution >= 4 is 69.8 Å². The van der Waals surface area contributed by atoms with E-state index in [9.17, 15) is 14.9 Å². The van der Waals surface area contributed by atoms with E-state index >= 15 is 0 Å². The standard InChI is InChI=1S/C15H10Cl4N2O3S/c16-10-3-7-12(8-4-10)25-14(15(17,18)19)20-13(22)9-1-5-11(6-2-9)21(23)24/h1-8,14H,(H,20,22). The zero-order valence-electron chi connectivity index (χ0n) is 12.3. The molecule has 1 amide bonds. The fourth-order valence-corrected chi connectivity index (χ4v) is 3.32. The van der Waals surface area contributed by atoms with Crippen LogP contribution >= 0.6 is 58.2 Å². The Hall–Kier alpha value is -1.18. The summed E-state index contributed by atoms with van der Waals surface area (Å²) in [5, 5.41) is 12.9. The van der Waals surface area contributed by atoms with Gasteiger partial charge < -0.3 is 5.32 Å². The van der Waals surface area contributed by atoms with Gasteiger partial charge in [-0.25, -0.2) is 0 Å². The number of carbonyl (C=O) groups is 1. The zero-order chi connectivity index (χ0) is 18.6. The summed E-state index contributed by atoms with van der Waals surface area (Å²) >= 11 is 24.8. The van der Waals surface area contributed by atoms with Gasteiger partial charge in [-0.3, -0.25) is 14.9 Å². The van der Waals surface area contributed by atoms with Gasteiger partial charge in [0.2, 0.25) is 3.79 Å². The Morgan fingerprint density at radius 2 is 1.64 bits per heavy atom. The van der Waals surface area contributed by atoms with Crippen LogP contribution in [0, 0.1) is 10.1 Å². The number of nitrogens with one attached hydrogen (secondary N) is 1. The minimum Gasteiger partial charge on any atom is -0.336 e. The summed E-state index contributed by atoms with van der Waals surface area (Å²) in [6, 6.07) is 11.9. The van der Waals surface area contributed by atoms with E-state index in [1.165, 1.54) is 24.3 Å². The van der Waals surface area contributed by atoms with Crippen LogP contribution in [0.1, 0.15) is 10.4 Å². The maximum absolute atomic E-state index is 12.3. The Balaban J connectivity index is 2.14. The van der Waals surface area contributed by atoms with E-state index < -0.39 is 20.0 Å². The maximum atomic E-state index is 12.3. The Morgan fingerprint density at radius 1 is 1.08 bits per heavy atom. The summed E-state index contributed by atoms with van der Waals surface area (Å²) in [7, 11) is 0. The third-order valence-electron chi connectivity index (χ3n) is 2.97. The number of benzene rings is 2. The molecule has 0 aliphatic carbocycles. The fourth-order valence-electron chi connectivity index (χ4n) is 1.76. The molecule has 0 fully saturated rings. The van der Waals surface area contributed by atoms with Gasteiger partial charge in [0.05, 0.1) is 4.92 Å². The summed E-state index contributed by atoms with van der Waals surface area (Å²) in [6.07, 6.45) is 0. The summed E-state index contributed by atoms with van der Waals surface area (Å²) in [6.45, 7) is 0. The summed E-state index contributed by atoms with van der Waals surface area (Å²) < 4.78 is -1.78. The number of rotatable bonds is 5. The van der Waals surface area contributed by atoms with Gasteiger partial charge in [-0.1, -0.05) is 58.2 Å². The summed E-state index contributed by atoms with van der Waals surface area (Å²) in [4.78, 5) is 23.2. The van der Waals surface area contributed by atoms with Crippen LogP contribution in [-0.2, 0) is 0 Å². The monoisotopic (exact) mass is 438 g/mol. The first-order valence-corrected chi connectivity index (χ1v) is 9.10. The van der Waals surface area contributed by atoms with Gasteiger partial charge in [-0.2, -0.15) is 0 Å². The lowest BCUT2D eigenvalue weighted by Crippen LogP contribution is -2.41. The summed E-state index contributed by atoms with van der Waals surface area (Å²) in [5.74, 6) is -0.521. The number of hydrogen-bond acceptors (Lipinski definition) is 4. The second kappa shape index (κ2) is 8.47. The van der Waals surface area contributed by atoms with Crippen LogP contribution in [0.25, 0.3) is 0 Å². The number of thioether (sulfide) groups is 1. The van der Waals surface area contributed by atoms with Gasteiger partial charge in [0, 0.05) is 27.6 Å². The minimum atomic E-state index is -1.78. The van der Waals surface area contributed by atoms with E-state index in [4.69, 9.17) is 46.4 Å². The van der Waals surface area contributed by atoms with Crippen LogP contribution in [0.15, 0.2) is 53.4 Å². The minimum absolute atomic E-state index is 0.120. The molecule has 2 aromatic rings. The first kappa shape index (κ1) is 20.1. The van der Waals surface area contributed by atoms with Crippen molar-refractivity contribution in [2.45, 2.75) is 14.1 Å². The van der Waals surface area contributed by atoms with Gasteiger partial charge in [0.25, 0.3) is 11.6 Å². The largest absolute Gasteiger partial charge is 0.336 e. The molecule has 1 atom stereocenters. The molecule has 1 unspecified atom stereocenters.